The van der Waals surface area contributed by atoms with Gasteiger partial charge >= 0.3 is 0 Å². The van der Waals surface area contributed by atoms with Crippen molar-refractivity contribution in [2.75, 3.05) is 6.61 Å². The van der Waals surface area contributed by atoms with Crippen LogP contribution in [0, 0.1) is 11.8 Å². The van der Waals surface area contributed by atoms with E-state index in [1.807, 2.05) is 24.3 Å². The highest BCUT2D eigenvalue weighted by atomic mass is 16.3. The summed E-state index contributed by atoms with van der Waals surface area (Å²) >= 11 is 0. The van der Waals surface area contributed by atoms with Gasteiger partial charge in [-0.25, -0.2) is 0 Å². The van der Waals surface area contributed by atoms with E-state index in [1.165, 1.54) is 44.9 Å². The third-order valence-electron chi connectivity index (χ3n) is 4.23. The first-order chi connectivity index (χ1) is 11.7. The summed E-state index contributed by atoms with van der Waals surface area (Å²) in [5.41, 5.74) is 7.26. The van der Waals surface area contributed by atoms with E-state index in [0.29, 0.717) is 5.56 Å². The molecule has 0 aliphatic rings. The lowest BCUT2D eigenvalue weighted by molar-refractivity contribution is 0.109. The van der Waals surface area contributed by atoms with Crippen LogP contribution in [0.5, 0.6) is 0 Å². The third-order valence-corrected chi connectivity index (χ3v) is 4.23. The number of aliphatic hydroxyl groups excluding tert-OH is 2. The van der Waals surface area contributed by atoms with E-state index in [4.69, 9.17) is 10.8 Å². The van der Waals surface area contributed by atoms with Crippen molar-refractivity contribution in [1.82, 2.24) is 0 Å². The Morgan fingerprint density at radius 3 is 2.38 bits per heavy atom. The molecule has 0 aromatic heterocycles. The fourth-order valence-electron chi connectivity index (χ4n) is 2.66. The van der Waals surface area contributed by atoms with E-state index >= 15 is 0 Å². The molecule has 0 bridgehead atoms. The summed E-state index contributed by atoms with van der Waals surface area (Å²) in [4.78, 5) is 0. The van der Waals surface area contributed by atoms with Crippen molar-refractivity contribution in [3.8, 4) is 11.8 Å². The predicted molar refractivity (Wildman–Crippen MR) is 101 cm³/mol. The van der Waals surface area contributed by atoms with Gasteiger partial charge in [0.15, 0.2) is 0 Å². The molecule has 0 heterocycles. The molecule has 134 valence electrons. The topological polar surface area (TPSA) is 66.5 Å². The number of aliphatic hydroxyl groups is 2. The van der Waals surface area contributed by atoms with Gasteiger partial charge in [0.25, 0.3) is 0 Å². The fraction of sp³-hybridized carbons (Fsp3) is 0.619. The highest BCUT2D eigenvalue weighted by Crippen LogP contribution is 2.16. The van der Waals surface area contributed by atoms with Crippen LogP contribution in [-0.2, 0) is 0 Å². The largest absolute Gasteiger partial charge is 0.395 e. The molecule has 0 aliphatic carbocycles. The van der Waals surface area contributed by atoms with Crippen molar-refractivity contribution in [1.29, 1.82) is 0 Å². The maximum absolute atomic E-state index is 10.0. The van der Waals surface area contributed by atoms with E-state index in [1.54, 1.807) is 0 Å². The van der Waals surface area contributed by atoms with Crippen LogP contribution in [0.3, 0.4) is 0 Å². The van der Waals surface area contributed by atoms with E-state index in [9.17, 15) is 5.11 Å². The maximum Gasteiger partial charge on any atom is 0.0963 e. The number of hydrogen-bond donors (Lipinski definition) is 3. The molecule has 0 saturated carbocycles. The molecule has 2 unspecified atom stereocenters. The van der Waals surface area contributed by atoms with Gasteiger partial charge in [0, 0.05) is 12.0 Å². The molecule has 1 rings (SSSR count). The van der Waals surface area contributed by atoms with Gasteiger partial charge in [0.2, 0.25) is 0 Å². The normalized spacial score (nSPS) is 13.2. The Labute approximate surface area is 147 Å². The lowest BCUT2D eigenvalue weighted by Gasteiger charge is -2.16. The van der Waals surface area contributed by atoms with Gasteiger partial charge in [-0.1, -0.05) is 75.8 Å². The SMILES string of the molecule is CCCCCCCCCCC#Cc1cccc(C(O)C(N)CO)c1. The fourth-order valence-corrected chi connectivity index (χ4v) is 2.66. The molecule has 0 aliphatic heterocycles. The van der Waals surface area contributed by atoms with Crippen LogP contribution in [0.4, 0.5) is 0 Å². The van der Waals surface area contributed by atoms with Gasteiger partial charge in [-0.05, 0) is 24.1 Å². The Bertz CT molecular complexity index is 504. The molecule has 0 saturated heterocycles. The Hall–Kier alpha value is -1.34. The summed E-state index contributed by atoms with van der Waals surface area (Å²) in [6, 6.07) is 6.79. The van der Waals surface area contributed by atoms with Crippen molar-refractivity contribution in [3.05, 3.63) is 35.4 Å². The molecule has 1 aromatic rings. The molecule has 0 radical (unpaired) electrons. The number of nitrogens with two attached hydrogens (primary N) is 1. The van der Waals surface area contributed by atoms with Crippen molar-refractivity contribution in [2.45, 2.75) is 76.9 Å². The number of hydrogen-bond acceptors (Lipinski definition) is 3. The van der Waals surface area contributed by atoms with E-state index in [0.717, 1.165) is 18.4 Å². The summed E-state index contributed by atoms with van der Waals surface area (Å²) in [5.74, 6) is 6.36. The predicted octanol–water partition coefficient (Wildman–Crippen LogP) is 3.92. The van der Waals surface area contributed by atoms with Gasteiger partial charge in [0.05, 0.1) is 18.8 Å². The Morgan fingerprint density at radius 2 is 1.71 bits per heavy atom. The van der Waals surface area contributed by atoms with Crippen LogP contribution in [-0.4, -0.2) is 22.9 Å². The Balaban J connectivity index is 2.29. The molecular formula is C21H33NO2. The molecule has 4 N–H and O–H groups in total. The molecule has 0 amide bonds. The lowest BCUT2D eigenvalue weighted by Crippen LogP contribution is -2.31. The first-order valence-electron chi connectivity index (χ1n) is 9.32. The van der Waals surface area contributed by atoms with Gasteiger partial charge < -0.3 is 15.9 Å². The number of benzene rings is 1. The lowest BCUT2D eigenvalue weighted by atomic mass is 10.0. The van der Waals surface area contributed by atoms with Crippen LogP contribution < -0.4 is 5.73 Å². The summed E-state index contributed by atoms with van der Waals surface area (Å²) in [5, 5.41) is 19.1. The Kier molecular flexibility index (Phi) is 11.2. The van der Waals surface area contributed by atoms with Crippen molar-refractivity contribution < 1.29 is 10.2 Å². The minimum absolute atomic E-state index is 0.241. The first-order valence-corrected chi connectivity index (χ1v) is 9.32. The van der Waals surface area contributed by atoms with Gasteiger partial charge in [-0.15, -0.1) is 0 Å². The minimum atomic E-state index is -0.857. The second kappa shape index (κ2) is 13.0. The molecule has 1 aromatic carbocycles. The van der Waals surface area contributed by atoms with Crippen LogP contribution in [0.2, 0.25) is 0 Å². The summed E-state index contributed by atoms with van der Waals surface area (Å²) < 4.78 is 0. The zero-order valence-electron chi connectivity index (χ0n) is 15.0. The van der Waals surface area contributed by atoms with Crippen molar-refractivity contribution in [2.24, 2.45) is 5.73 Å². The Morgan fingerprint density at radius 1 is 1.04 bits per heavy atom. The summed E-state index contributed by atoms with van der Waals surface area (Å²) in [6.07, 6.45) is 10.5. The second-order valence-electron chi connectivity index (χ2n) is 6.44. The highest BCUT2D eigenvalue weighted by molar-refractivity contribution is 5.38. The van der Waals surface area contributed by atoms with Gasteiger partial charge in [0.1, 0.15) is 0 Å². The zero-order chi connectivity index (χ0) is 17.6. The minimum Gasteiger partial charge on any atom is -0.395 e. The molecular weight excluding hydrogens is 298 g/mol. The van der Waals surface area contributed by atoms with Crippen LogP contribution in [0.25, 0.3) is 0 Å². The van der Waals surface area contributed by atoms with Crippen LogP contribution >= 0.6 is 0 Å². The van der Waals surface area contributed by atoms with E-state index in [-0.39, 0.29) is 6.61 Å². The van der Waals surface area contributed by atoms with Gasteiger partial charge in [-0.2, -0.15) is 0 Å². The third kappa shape index (κ3) is 8.49. The smallest absolute Gasteiger partial charge is 0.0963 e. The second-order valence-corrected chi connectivity index (χ2v) is 6.44. The molecule has 3 nitrogen and oxygen atoms in total. The van der Waals surface area contributed by atoms with E-state index in [2.05, 4.69) is 18.8 Å². The number of unbranched alkanes of at least 4 members (excludes halogenated alkanes) is 8. The molecule has 24 heavy (non-hydrogen) atoms. The zero-order valence-corrected chi connectivity index (χ0v) is 15.0. The van der Waals surface area contributed by atoms with E-state index < -0.39 is 12.1 Å². The molecule has 2 atom stereocenters. The maximum atomic E-state index is 10.0. The average molecular weight is 332 g/mol. The van der Waals surface area contributed by atoms with Crippen molar-refractivity contribution in [3.63, 3.8) is 0 Å². The molecule has 0 fully saturated rings. The monoisotopic (exact) mass is 331 g/mol. The molecule has 0 spiro atoms. The van der Waals surface area contributed by atoms with Gasteiger partial charge in [-0.3, -0.25) is 0 Å². The van der Waals surface area contributed by atoms with Crippen LogP contribution in [0.1, 0.15) is 81.9 Å². The molecule has 3 heteroatoms. The van der Waals surface area contributed by atoms with Crippen LogP contribution in [0.15, 0.2) is 24.3 Å². The highest BCUT2D eigenvalue weighted by Gasteiger charge is 2.15. The summed E-state index contributed by atoms with van der Waals surface area (Å²) in [6.45, 7) is 2.01. The average Bonchev–Trinajstić information content (AvgIpc) is 2.62. The van der Waals surface area contributed by atoms with Crippen molar-refractivity contribution >= 4 is 0 Å². The first kappa shape index (κ1) is 20.7. The number of rotatable bonds is 11. The quantitative estimate of drug-likeness (QED) is 0.425. The summed E-state index contributed by atoms with van der Waals surface area (Å²) in [7, 11) is 0. The standard InChI is InChI=1S/C21H33NO2/c1-2-3-4-5-6-7-8-9-10-11-13-18-14-12-15-19(16-18)21(24)20(22)17-23/h12,14-16,20-21,23-24H,2-10,17,22H2,1H3.